The summed E-state index contributed by atoms with van der Waals surface area (Å²) in [6.45, 7) is 7.96. The molecule has 0 bridgehead atoms. The molecule has 1 aromatic heterocycles. The molecule has 0 saturated carbocycles. The third-order valence-corrected chi connectivity index (χ3v) is 3.25. The van der Waals surface area contributed by atoms with Crippen molar-refractivity contribution in [2.24, 2.45) is 5.92 Å². The van der Waals surface area contributed by atoms with Crippen LogP contribution in [0.1, 0.15) is 52.1 Å². The van der Waals surface area contributed by atoms with Crippen molar-refractivity contribution in [2.75, 3.05) is 6.54 Å². The molecule has 0 saturated heterocycles. The van der Waals surface area contributed by atoms with Crippen molar-refractivity contribution in [3.63, 3.8) is 0 Å². The average molecular weight is 248 g/mol. The number of nitrogens with one attached hydrogen (secondary N) is 1. The molecular formula is C16H28N2. The molecule has 0 aliphatic rings. The molecule has 2 nitrogen and oxygen atoms in total. The molecule has 0 aliphatic heterocycles. The molecule has 0 fully saturated rings. The van der Waals surface area contributed by atoms with E-state index in [1.165, 1.54) is 31.4 Å². The van der Waals surface area contributed by atoms with Gasteiger partial charge in [-0.3, -0.25) is 4.98 Å². The molecule has 2 heteroatoms. The Hall–Kier alpha value is -0.890. The first-order chi connectivity index (χ1) is 8.72. The Labute approximate surface area is 112 Å². The summed E-state index contributed by atoms with van der Waals surface area (Å²) in [6, 6.07) is 6.83. The van der Waals surface area contributed by atoms with E-state index in [1.807, 2.05) is 12.3 Å². The van der Waals surface area contributed by atoms with Gasteiger partial charge in [0.1, 0.15) is 0 Å². The summed E-state index contributed by atoms with van der Waals surface area (Å²) in [4.78, 5) is 4.40. The van der Waals surface area contributed by atoms with Gasteiger partial charge in [0.2, 0.25) is 0 Å². The van der Waals surface area contributed by atoms with Gasteiger partial charge in [0.15, 0.2) is 0 Å². The van der Waals surface area contributed by atoms with Crippen LogP contribution >= 0.6 is 0 Å². The number of rotatable bonds is 9. The van der Waals surface area contributed by atoms with E-state index in [9.17, 15) is 0 Å². The molecule has 18 heavy (non-hydrogen) atoms. The fraction of sp³-hybridized carbons (Fsp3) is 0.688. The van der Waals surface area contributed by atoms with Crippen molar-refractivity contribution in [1.82, 2.24) is 10.3 Å². The zero-order valence-electron chi connectivity index (χ0n) is 12.2. The summed E-state index contributed by atoms with van der Waals surface area (Å²) in [5.41, 5.74) is 1.21. The highest BCUT2D eigenvalue weighted by atomic mass is 14.9. The normalized spacial score (nSPS) is 12.9. The number of pyridine rings is 1. The Morgan fingerprint density at radius 3 is 2.61 bits per heavy atom. The number of nitrogens with zero attached hydrogens (tertiary/aromatic N) is 1. The average Bonchev–Trinajstić information content (AvgIpc) is 2.39. The van der Waals surface area contributed by atoms with Gasteiger partial charge in [0, 0.05) is 17.9 Å². The quantitative estimate of drug-likeness (QED) is 0.718. The largest absolute Gasteiger partial charge is 0.314 e. The van der Waals surface area contributed by atoms with Crippen LogP contribution < -0.4 is 5.32 Å². The zero-order chi connectivity index (χ0) is 13.2. The predicted molar refractivity (Wildman–Crippen MR) is 78.7 cm³/mol. The maximum Gasteiger partial charge on any atom is 0.0404 e. The van der Waals surface area contributed by atoms with Crippen LogP contribution in [0, 0.1) is 5.92 Å². The molecule has 1 rings (SSSR count). The molecule has 102 valence electrons. The van der Waals surface area contributed by atoms with Crippen LogP contribution in [0.3, 0.4) is 0 Å². The van der Waals surface area contributed by atoms with Crippen molar-refractivity contribution >= 4 is 0 Å². The van der Waals surface area contributed by atoms with E-state index in [0.717, 1.165) is 18.9 Å². The molecule has 1 atom stereocenters. The second-order valence-electron chi connectivity index (χ2n) is 5.48. The van der Waals surface area contributed by atoms with Crippen molar-refractivity contribution in [3.05, 3.63) is 30.1 Å². The lowest BCUT2D eigenvalue weighted by Crippen LogP contribution is -2.30. The molecule has 1 aromatic rings. The van der Waals surface area contributed by atoms with Gasteiger partial charge in [-0.25, -0.2) is 0 Å². The van der Waals surface area contributed by atoms with E-state index < -0.39 is 0 Å². The molecular weight excluding hydrogens is 220 g/mol. The van der Waals surface area contributed by atoms with Crippen LogP contribution in [-0.4, -0.2) is 17.6 Å². The monoisotopic (exact) mass is 248 g/mol. The fourth-order valence-corrected chi connectivity index (χ4v) is 2.10. The van der Waals surface area contributed by atoms with Gasteiger partial charge in [0.05, 0.1) is 0 Å². The fourth-order valence-electron chi connectivity index (χ4n) is 2.10. The van der Waals surface area contributed by atoms with Crippen molar-refractivity contribution in [1.29, 1.82) is 0 Å². The summed E-state index contributed by atoms with van der Waals surface area (Å²) in [7, 11) is 0. The highest BCUT2D eigenvalue weighted by Gasteiger charge is 2.09. The van der Waals surface area contributed by atoms with Crippen LogP contribution in [0.15, 0.2) is 24.4 Å². The van der Waals surface area contributed by atoms with Gasteiger partial charge in [-0.2, -0.15) is 0 Å². The van der Waals surface area contributed by atoms with E-state index in [4.69, 9.17) is 0 Å². The second kappa shape index (κ2) is 9.09. The molecule has 1 heterocycles. The van der Waals surface area contributed by atoms with Gasteiger partial charge >= 0.3 is 0 Å². The number of hydrogen-bond acceptors (Lipinski definition) is 2. The Morgan fingerprint density at radius 2 is 2.00 bits per heavy atom. The third-order valence-electron chi connectivity index (χ3n) is 3.25. The van der Waals surface area contributed by atoms with E-state index >= 15 is 0 Å². The van der Waals surface area contributed by atoms with Crippen LogP contribution in [0.25, 0.3) is 0 Å². The van der Waals surface area contributed by atoms with Gasteiger partial charge in [-0.15, -0.1) is 0 Å². The van der Waals surface area contributed by atoms with Crippen LogP contribution in [0.5, 0.6) is 0 Å². The lowest BCUT2D eigenvalue weighted by Gasteiger charge is -2.19. The van der Waals surface area contributed by atoms with Gasteiger partial charge < -0.3 is 5.32 Å². The molecule has 1 unspecified atom stereocenters. The zero-order valence-corrected chi connectivity index (χ0v) is 12.2. The second-order valence-corrected chi connectivity index (χ2v) is 5.48. The van der Waals surface area contributed by atoms with Crippen LogP contribution in [0.2, 0.25) is 0 Å². The number of hydrogen-bond donors (Lipinski definition) is 1. The minimum Gasteiger partial charge on any atom is -0.314 e. The first-order valence-electron chi connectivity index (χ1n) is 7.35. The minimum atomic E-state index is 0.648. The molecule has 0 amide bonds. The smallest absolute Gasteiger partial charge is 0.0404 e. The number of aromatic nitrogens is 1. The van der Waals surface area contributed by atoms with Crippen molar-refractivity contribution in [3.8, 4) is 0 Å². The van der Waals surface area contributed by atoms with E-state index in [-0.39, 0.29) is 0 Å². The van der Waals surface area contributed by atoms with Gasteiger partial charge in [-0.1, -0.05) is 26.8 Å². The topological polar surface area (TPSA) is 24.9 Å². The lowest BCUT2D eigenvalue weighted by molar-refractivity contribution is 0.409. The first kappa shape index (κ1) is 15.2. The minimum absolute atomic E-state index is 0.648. The molecule has 0 aromatic carbocycles. The highest BCUT2D eigenvalue weighted by molar-refractivity contribution is 5.03. The standard InChI is InChI=1S/C16H28N2/c1-4-12-17-16(9-8-14(2)3)11-10-15-7-5-6-13-18-15/h5-7,13-14,16-17H,4,8-12H2,1-3H3. The summed E-state index contributed by atoms with van der Waals surface area (Å²) in [5, 5.41) is 3.67. The maximum absolute atomic E-state index is 4.40. The third kappa shape index (κ3) is 6.75. The Morgan fingerprint density at radius 1 is 1.17 bits per heavy atom. The molecule has 0 aliphatic carbocycles. The summed E-state index contributed by atoms with van der Waals surface area (Å²) >= 11 is 0. The molecule has 1 N–H and O–H groups in total. The highest BCUT2D eigenvalue weighted by Crippen LogP contribution is 2.11. The summed E-state index contributed by atoms with van der Waals surface area (Å²) in [5.74, 6) is 0.797. The summed E-state index contributed by atoms with van der Waals surface area (Å²) in [6.07, 6.45) is 7.97. The number of aryl methyl sites for hydroxylation is 1. The maximum atomic E-state index is 4.40. The Balaban J connectivity index is 2.35. The Kier molecular flexibility index (Phi) is 7.66. The van der Waals surface area contributed by atoms with E-state index in [1.54, 1.807) is 0 Å². The van der Waals surface area contributed by atoms with E-state index in [2.05, 4.69) is 43.2 Å². The molecule has 0 spiro atoms. The van der Waals surface area contributed by atoms with Gasteiger partial charge in [0.25, 0.3) is 0 Å². The Bertz CT molecular complexity index is 295. The lowest BCUT2D eigenvalue weighted by atomic mass is 9.99. The summed E-state index contributed by atoms with van der Waals surface area (Å²) < 4.78 is 0. The van der Waals surface area contributed by atoms with E-state index in [0.29, 0.717) is 6.04 Å². The van der Waals surface area contributed by atoms with Crippen molar-refractivity contribution < 1.29 is 0 Å². The van der Waals surface area contributed by atoms with Crippen LogP contribution in [0.4, 0.5) is 0 Å². The van der Waals surface area contributed by atoms with Crippen molar-refractivity contribution in [2.45, 2.75) is 58.9 Å². The van der Waals surface area contributed by atoms with Crippen LogP contribution in [-0.2, 0) is 6.42 Å². The predicted octanol–water partition coefficient (Wildman–Crippen LogP) is 3.82. The molecule has 0 radical (unpaired) electrons. The first-order valence-corrected chi connectivity index (χ1v) is 7.35. The SMILES string of the molecule is CCCNC(CCc1ccccn1)CCC(C)C. The van der Waals surface area contributed by atoms with Gasteiger partial charge in [-0.05, 0) is 56.7 Å².